The van der Waals surface area contributed by atoms with E-state index >= 15 is 0 Å². The van der Waals surface area contributed by atoms with Gasteiger partial charge in [0.25, 0.3) is 0 Å². The summed E-state index contributed by atoms with van der Waals surface area (Å²) < 4.78 is 4.72. The summed E-state index contributed by atoms with van der Waals surface area (Å²) in [5.74, 6) is -2.98. The summed E-state index contributed by atoms with van der Waals surface area (Å²) in [6.45, 7) is 0.282. The molecule has 10 heteroatoms. The van der Waals surface area contributed by atoms with Gasteiger partial charge in [0.15, 0.2) is 0 Å². The zero-order chi connectivity index (χ0) is 16.3. The van der Waals surface area contributed by atoms with Gasteiger partial charge in [-0.05, 0) is 6.42 Å². The molecule has 1 atom stereocenters. The van der Waals surface area contributed by atoms with Crippen LogP contribution in [0.2, 0.25) is 0 Å². The van der Waals surface area contributed by atoms with Crippen molar-refractivity contribution in [1.82, 2.24) is 16.0 Å². The number of carbonyl (C=O) groups is 4. The number of carbonyl (C=O) groups excluding carboxylic acids is 2. The van der Waals surface area contributed by atoms with Crippen LogP contribution in [0.3, 0.4) is 0 Å². The van der Waals surface area contributed by atoms with Gasteiger partial charge >= 0.3 is 18.0 Å². The van der Waals surface area contributed by atoms with E-state index in [1.165, 1.54) is 7.11 Å². The van der Waals surface area contributed by atoms with Crippen molar-refractivity contribution in [2.24, 2.45) is 0 Å². The molecule has 0 aliphatic rings. The van der Waals surface area contributed by atoms with E-state index in [-0.39, 0.29) is 19.5 Å². The summed E-state index contributed by atoms with van der Waals surface area (Å²) in [5, 5.41) is 24.0. The van der Waals surface area contributed by atoms with Crippen molar-refractivity contribution in [2.75, 3.05) is 26.8 Å². The third-order valence-electron chi connectivity index (χ3n) is 2.29. The van der Waals surface area contributed by atoms with E-state index in [2.05, 4.69) is 16.0 Å². The summed E-state index contributed by atoms with van der Waals surface area (Å²) in [7, 11) is 1.47. The first-order valence-corrected chi connectivity index (χ1v) is 6.11. The fourth-order valence-electron chi connectivity index (χ4n) is 1.25. The number of aliphatic carboxylic acids is 2. The van der Waals surface area contributed by atoms with Crippen LogP contribution in [0.5, 0.6) is 0 Å². The smallest absolute Gasteiger partial charge is 0.326 e. The largest absolute Gasteiger partial charge is 0.481 e. The van der Waals surface area contributed by atoms with Crippen molar-refractivity contribution < 1.29 is 34.1 Å². The number of amides is 3. The van der Waals surface area contributed by atoms with Crippen molar-refractivity contribution >= 4 is 23.9 Å². The van der Waals surface area contributed by atoms with Crippen LogP contribution in [0, 0.1) is 0 Å². The van der Waals surface area contributed by atoms with Crippen LogP contribution in [-0.4, -0.2) is 66.9 Å². The number of carboxylic acids is 2. The second kappa shape index (κ2) is 10.4. The lowest BCUT2D eigenvalue weighted by Gasteiger charge is -2.14. The Morgan fingerprint density at radius 1 is 1.14 bits per heavy atom. The van der Waals surface area contributed by atoms with Gasteiger partial charge in [-0.2, -0.15) is 0 Å². The summed E-state index contributed by atoms with van der Waals surface area (Å²) in [5.41, 5.74) is 0. The first kappa shape index (κ1) is 18.6. The molecule has 0 radical (unpaired) electrons. The quantitative estimate of drug-likeness (QED) is 0.303. The number of carboxylic acid groups (broad SMARTS) is 2. The molecular weight excluding hydrogens is 286 g/mol. The van der Waals surface area contributed by atoms with Crippen LogP contribution in [-0.2, 0) is 19.1 Å². The molecule has 0 aliphatic carbocycles. The van der Waals surface area contributed by atoms with Gasteiger partial charge in [0.05, 0.1) is 13.2 Å². The third-order valence-corrected chi connectivity index (χ3v) is 2.29. The molecule has 0 bridgehead atoms. The molecule has 0 unspecified atom stereocenters. The summed E-state index contributed by atoms with van der Waals surface area (Å²) in [4.78, 5) is 43.9. The molecule has 5 N–H and O–H groups in total. The minimum atomic E-state index is -1.35. The fourth-order valence-corrected chi connectivity index (χ4v) is 1.25. The topological polar surface area (TPSA) is 154 Å². The lowest BCUT2D eigenvalue weighted by molar-refractivity contribution is -0.140. The normalized spacial score (nSPS) is 11.3. The molecule has 0 heterocycles. The lowest BCUT2D eigenvalue weighted by Crippen LogP contribution is -2.48. The average Bonchev–Trinajstić information content (AvgIpc) is 2.41. The second-order valence-corrected chi connectivity index (χ2v) is 3.99. The van der Waals surface area contributed by atoms with Crippen LogP contribution >= 0.6 is 0 Å². The van der Waals surface area contributed by atoms with Crippen LogP contribution < -0.4 is 16.0 Å². The number of rotatable bonds is 10. The van der Waals surface area contributed by atoms with E-state index in [0.29, 0.717) is 6.61 Å². The molecule has 0 aromatic carbocycles. The Labute approximate surface area is 120 Å². The van der Waals surface area contributed by atoms with Crippen molar-refractivity contribution in [3.8, 4) is 0 Å². The molecule has 3 amide bonds. The molecular formula is C11H19N3O7. The maximum absolute atomic E-state index is 11.4. The van der Waals surface area contributed by atoms with E-state index in [1.807, 2.05) is 0 Å². The summed E-state index contributed by atoms with van der Waals surface area (Å²) in [6, 6.07) is -2.20. The molecule has 0 aromatic heterocycles. The third kappa shape index (κ3) is 10.1. The highest BCUT2D eigenvalue weighted by Gasteiger charge is 2.20. The lowest BCUT2D eigenvalue weighted by atomic mass is 10.1. The van der Waals surface area contributed by atoms with Crippen molar-refractivity contribution in [3.05, 3.63) is 0 Å². The zero-order valence-corrected chi connectivity index (χ0v) is 11.5. The van der Waals surface area contributed by atoms with E-state index in [0.717, 1.165) is 0 Å². The summed E-state index contributed by atoms with van der Waals surface area (Å²) >= 11 is 0. The minimum Gasteiger partial charge on any atom is -0.481 e. The predicted molar refractivity (Wildman–Crippen MR) is 69.7 cm³/mol. The van der Waals surface area contributed by atoms with Gasteiger partial charge in [0.1, 0.15) is 6.04 Å². The Kier molecular flexibility index (Phi) is 9.26. The Bertz CT molecular complexity index is 386. The first-order chi connectivity index (χ1) is 9.86. The highest BCUT2D eigenvalue weighted by molar-refractivity contribution is 5.86. The maximum Gasteiger partial charge on any atom is 0.326 e. The van der Waals surface area contributed by atoms with Gasteiger partial charge < -0.3 is 30.9 Å². The van der Waals surface area contributed by atoms with Gasteiger partial charge in [0.2, 0.25) is 5.91 Å². The van der Waals surface area contributed by atoms with Crippen molar-refractivity contribution in [2.45, 2.75) is 18.9 Å². The van der Waals surface area contributed by atoms with E-state index in [9.17, 15) is 19.2 Å². The molecule has 0 saturated heterocycles. The molecule has 21 heavy (non-hydrogen) atoms. The van der Waals surface area contributed by atoms with E-state index < -0.39 is 36.3 Å². The zero-order valence-electron chi connectivity index (χ0n) is 11.5. The van der Waals surface area contributed by atoms with Gasteiger partial charge in [0, 0.05) is 20.1 Å². The average molecular weight is 305 g/mol. The molecule has 0 spiro atoms. The Hall–Kier alpha value is -2.36. The number of methoxy groups -OCH3 is 1. The van der Waals surface area contributed by atoms with Crippen molar-refractivity contribution in [3.63, 3.8) is 0 Å². The maximum atomic E-state index is 11.4. The van der Waals surface area contributed by atoms with Crippen molar-refractivity contribution in [1.29, 1.82) is 0 Å². The molecule has 0 saturated carbocycles. The molecule has 0 fully saturated rings. The van der Waals surface area contributed by atoms with Gasteiger partial charge in [-0.25, -0.2) is 9.59 Å². The monoisotopic (exact) mass is 305 g/mol. The molecule has 0 rings (SSSR count). The Morgan fingerprint density at radius 3 is 2.33 bits per heavy atom. The second-order valence-electron chi connectivity index (χ2n) is 3.99. The van der Waals surface area contributed by atoms with Crippen LogP contribution in [0.4, 0.5) is 4.79 Å². The molecule has 10 nitrogen and oxygen atoms in total. The predicted octanol–water partition coefficient (Wildman–Crippen LogP) is -1.63. The molecule has 120 valence electrons. The van der Waals surface area contributed by atoms with Gasteiger partial charge in [-0.3, -0.25) is 9.59 Å². The van der Waals surface area contributed by atoms with Gasteiger partial charge in [-0.15, -0.1) is 0 Å². The molecule has 0 aromatic rings. The van der Waals surface area contributed by atoms with E-state index in [4.69, 9.17) is 14.9 Å². The van der Waals surface area contributed by atoms with Gasteiger partial charge in [-0.1, -0.05) is 0 Å². The number of urea groups is 1. The summed E-state index contributed by atoms with van der Waals surface area (Å²) in [6.07, 6.45) is -0.646. The Morgan fingerprint density at radius 2 is 1.81 bits per heavy atom. The molecule has 0 aliphatic heterocycles. The number of hydrogen-bond acceptors (Lipinski definition) is 5. The minimum absolute atomic E-state index is 0.252. The van der Waals surface area contributed by atoms with Crippen LogP contribution in [0.1, 0.15) is 12.8 Å². The highest BCUT2D eigenvalue weighted by atomic mass is 16.5. The van der Waals surface area contributed by atoms with Crippen LogP contribution in [0.25, 0.3) is 0 Å². The SMILES string of the molecule is COCCNC(=O)CNC(=O)N[C@@H](CCC(=O)O)C(=O)O. The Balaban J connectivity index is 4.05. The fraction of sp³-hybridized carbons (Fsp3) is 0.636. The standard InChI is InChI=1S/C11H19N3O7/c1-21-5-4-12-8(15)6-13-11(20)14-7(10(18)19)2-3-9(16)17/h7H,2-6H2,1H3,(H,12,15)(H,16,17)(H,18,19)(H2,13,14,20)/t7-/m0/s1. The van der Waals surface area contributed by atoms with E-state index in [1.54, 1.807) is 0 Å². The number of nitrogens with one attached hydrogen (secondary N) is 3. The van der Waals surface area contributed by atoms with Crippen LogP contribution in [0.15, 0.2) is 0 Å². The number of hydrogen-bond donors (Lipinski definition) is 5. The highest BCUT2D eigenvalue weighted by Crippen LogP contribution is 1.97. The first-order valence-electron chi connectivity index (χ1n) is 6.11. The number of ether oxygens (including phenoxy) is 1.